The normalized spacial score (nSPS) is 12.3. The van der Waals surface area contributed by atoms with E-state index in [-0.39, 0.29) is 0 Å². The highest BCUT2D eigenvalue weighted by molar-refractivity contribution is 7.84. The number of imidazole rings is 1. The van der Waals surface area contributed by atoms with E-state index in [0.29, 0.717) is 22.2 Å². The van der Waals surface area contributed by atoms with Gasteiger partial charge >= 0.3 is 0 Å². The van der Waals surface area contributed by atoms with Crippen LogP contribution in [-0.2, 0) is 16.6 Å². The molecule has 0 amide bonds. The van der Waals surface area contributed by atoms with Crippen molar-refractivity contribution in [2.75, 3.05) is 14.2 Å². The van der Waals surface area contributed by atoms with Crippen LogP contribution >= 0.6 is 0 Å². The fourth-order valence-corrected chi connectivity index (χ4v) is 3.82. The Kier molecular flexibility index (Phi) is 4.57. The summed E-state index contributed by atoms with van der Waals surface area (Å²) in [6.45, 7) is 3.97. The Morgan fingerprint density at radius 3 is 2.62 bits per heavy atom. The summed E-state index contributed by atoms with van der Waals surface area (Å²) in [6, 6.07) is 9.40. The number of ether oxygens (including phenoxy) is 2. The average Bonchev–Trinajstić information content (AvgIpc) is 3.01. The Morgan fingerprint density at radius 1 is 1.12 bits per heavy atom. The molecular formula is C18H19N2O3S-. The summed E-state index contributed by atoms with van der Waals surface area (Å²) in [6.07, 6.45) is 0. The minimum absolute atomic E-state index is 0.345. The van der Waals surface area contributed by atoms with Crippen molar-refractivity contribution in [3.63, 3.8) is 0 Å². The topological polar surface area (TPSA) is 62.5 Å². The number of rotatable bonds is 5. The van der Waals surface area contributed by atoms with Gasteiger partial charge in [-0.3, -0.25) is 4.21 Å². The van der Waals surface area contributed by atoms with Crippen LogP contribution in [0.2, 0.25) is 0 Å². The maximum absolute atomic E-state index is 12.7. The maximum atomic E-state index is 12.7. The third-order valence-electron chi connectivity index (χ3n) is 4.02. The summed E-state index contributed by atoms with van der Waals surface area (Å²) in [7, 11) is 1.93. The molecule has 0 saturated carbocycles. The van der Waals surface area contributed by atoms with Crippen LogP contribution in [0.25, 0.3) is 11.0 Å². The summed E-state index contributed by atoms with van der Waals surface area (Å²) in [5, 5.41) is 0.345. The molecule has 0 N–H and O–H groups in total. The first-order valence-corrected chi connectivity index (χ1v) is 8.85. The second-order valence-corrected chi connectivity index (χ2v) is 6.90. The summed E-state index contributed by atoms with van der Waals surface area (Å²) >= 11 is 0. The Labute approximate surface area is 143 Å². The van der Waals surface area contributed by atoms with E-state index in [9.17, 15) is 4.21 Å². The highest BCUT2D eigenvalue weighted by Gasteiger charge is 2.11. The zero-order chi connectivity index (χ0) is 17.3. The lowest BCUT2D eigenvalue weighted by Gasteiger charge is -2.13. The zero-order valence-corrected chi connectivity index (χ0v) is 14.9. The predicted molar refractivity (Wildman–Crippen MR) is 94.2 cm³/mol. The lowest BCUT2D eigenvalue weighted by Crippen LogP contribution is -2.03. The van der Waals surface area contributed by atoms with Crippen LogP contribution in [0.5, 0.6) is 11.5 Å². The van der Waals surface area contributed by atoms with Crippen molar-refractivity contribution in [2.24, 2.45) is 0 Å². The number of methoxy groups -OCH3 is 2. The molecule has 24 heavy (non-hydrogen) atoms. The van der Waals surface area contributed by atoms with E-state index >= 15 is 0 Å². The van der Waals surface area contributed by atoms with Gasteiger partial charge in [0.1, 0.15) is 11.5 Å². The quantitative estimate of drug-likeness (QED) is 0.712. The van der Waals surface area contributed by atoms with E-state index < -0.39 is 10.8 Å². The molecule has 0 bridgehead atoms. The van der Waals surface area contributed by atoms with Crippen LogP contribution in [0.1, 0.15) is 16.7 Å². The molecule has 3 rings (SSSR count). The highest BCUT2D eigenvalue weighted by Crippen LogP contribution is 2.27. The molecule has 0 spiro atoms. The molecule has 0 radical (unpaired) electrons. The van der Waals surface area contributed by atoms with E-state index in [1.165, 1.54) is 0 Å². The van der Waals surface area contributed by atoms with Gasteiger partial charge in [-0.15, -0.1) is 0 Å². The molecule has 3 aromatic rings. The fourth-order valence-electron chi connectivity index (χ4n) is 2.69. The Bertz CT molecular complexity index is 918. The summed E-state index contributed by atoms with van der Waals surface area (Å²) in [5.41, 5.74) is 4.45. The number of fused-ring (bicyclic) bond motifs is 1. The number of aryl methyl sites for hydroxylation is 1. The van der Waals surface area contributed by atoms with Crippen LogP contribution < -0.4 is 14.5 Å². The predicted octanol–water partition coefficient (Wildman–Crippen LogP) is 3.13. The van der Waals surface area contributed by atoms with Crippen molar-refractivity contribution in [1.82, 2.24) is 9.97 Å². The van der Waals surface area contributed by atoms with Gasteiger partial charge < -0.3 is 19.4 Å². The number of benzene rings is 2. The summed E-state index contributed by atoms with van der Waals surface area (Å²) in [5.74, 6) is 1.90. The van der Waals surface area contributed by atoms with Crippen molar-refractivity contribution >= 4 is 21.8 Å². The van der Waals surface area contributed by atoms with Crippen molar-refractivity contribution in [1.29, 1.82) is 0 Å². The number of hydrogen-bond donors (Lipinski definition) is 0. The van der Waals surface area contributed by atoms with E-state index in [1.807, 2.05) is 38.1 Å². The molecule has 126 valence electrons. The Morgan fingerprint density at radius 2 is 1.92 bits per heavy atom. The van der Waals surface area contributed by atoms with E-state index in [1.54, 1.807) is 20.3 Å². The van der Waals surface area contributed by atoms with Gasteiger partial charge in [-0.2, -0.15) is 0 Å². The molecule has 1 unspecified atom stereocenters. The Balaban J connectivity index is 1.90. The lowest BCUT2D eigenvalue weighted by molar-refractivity contribution is 0.408. The Hall–Kier alpha value is -2.34. The second-order valence-electron chi connectivity index (χ2n) is 5.55. The van der Waals surface area contributed by atoms with Crippen molar-refractivity contribution in [3.8, 4) is 11.5 Å². The van der Waals surface area contributed by atoms with Gasteiger partial charge in [-0.1, -0.05) is 18.2 Å². The van der Waals surface area contributed by atoms with Crippen LogP contribution in [-0.4, -0.2) is 23.4 Å². The monoisotopic (exact) mass is 343 g/mol. The smallest absolute Gasteiger partial charge is 0.124 e. The third-order valence-corrected chi connectivity index (χ3v) is 5.19. The van der Waals surface area contributed by atoms with Crippen LogP contribution in [0.3, 0.4) is 0 Å². The van der Waals surface area contributed by atoms with E-state index in [4.69, 9.17) is 9.47 Å². The van der Waals surface area contributed by atoms with Crippen LogP contribution in [0.4, 0.5) is 0 Å². The lowest BCUT2D eigenvalue weighted by atomic mass is 10.1. The van der Waals surface area contributed by atoms with Gasteiger partial charge in [0.25, 0.3) is 0 Å². The SMILES string of the molecule is COc1ccc2[n-]c(S(=O)Cc3ccc(C)c(OC)c3C)nc2c1. The fraction of sp³-hybridized carbons (Fsp3) is 0.278. The molecule has 2 aromatic carbocycles. The van der Waals surface area contributed by atoms with Gasteiger partial charge in [0.2, 0.25) is 0 Å². The van der Waals surface area contributed by atoms with Gasteiger partial charge in [0.05, 0.1) is 20.0 Å². The molecule has 5 nitrogen and oxygen atoms in total. The standard InChI is InChI=1S/C18H19N2O3S/c1-11-5-6-13(12(2)17(11)23-4)10-24(21)18-19-15-8-7-14(22-3)9-16(15)20-18/h5-9H,10H2,1-4H3/q-1. The second kappa shape index (κ2) is 6.65. The first-order chi connectivity index (χ1) is 11.5. The highest BCUT2D eigenvalue weighted by atomic mass is 32.2. The van der Waals surface area contributed by atoms with Crippen molar-refractivity contribution < 1.29 is 13.7 Å². The summed E-state index contributed by atoms with van der Waals surface area (Å²) < 4.78 is 23.3. The minimum atomic E-state index is -1.32. The number of hydrogen-bond acceptors (Lipinski definition) is 4. The zero-order valence-electron chi connectivity index (χ0n) is 14.1. The number of aromatic nitrogens is 2. The molecule has 1 aromatic heterocycles. The van der Waals surface area contributed by atoms with Gasteiger partial charge in [-0.25, -0.2) is 0 Å². The first-order valence-electron chi connectivity index (χ1n) is 7.53. The van der Waals surface area contributed by atoms with E-state index in [2.05, 4.69) is 9.97 Å². The molecule has 1 heterocycles. The average molecular weight is 343 g/mol. The minimum Gasteiger partial charge on any atom is -0.497 e. The molecule has 0 fully saturated rings. The number of nitrogens with zero attached hydrogens (tertiary/aromatic N) is 2. The largest absolute Gasteiger partial charge is 0.497 e. The molecule has 0 aliphatic rings. The first kappa shape index (κ1) is 16.5. The van der Waals surface area contributed by atoms with Gasteiger partial charge in [-0.05, 0) is 53.7 Å². The maximum Gasteiger partial charge on any atom is 0.124 e. The van der Waals surface area contributed by atoms with Gasteiger partial charge in [0, 0.05) is 16.0 Å². The molecule has 0 aliphatic carbocycles. The third kappa shape index (κ3) is 3.01. The van der Waals surface area contributed by atoms with Crippen LogP contribution in [0, 0.1) is 13.8 Å². The van der Waals surface area contributed by atoms with Crippen molar-refractivity contribution in [2.45, 2.75) is 24.8 Å². The molecular weight excluding hydrogens is 324 g/mol. The van der Waals surface area contributed by atoms with Crippen LogP contribution in [0.15, 0.2) is 35.5 Å². The molecule has 0 aliphatic heterocycles. The van der Waals surface area contributed by atoms with Gasteiger partial charge in [0.15, 0.2) is 0 Å². The van der Waals surface area contributed by atoms with E-state index in [0.717, 1.165) is 28.0 Å². The van der Waals surface area contributed by atoms with Crippen molar-refractivity contribution in [3.05, 3.63) is 47.0 Å². The molecule has 1 atom stereocenters. The summed E-state index contributed by atoms with van der Waals surface area (Å²) in [4.78, 5) is 8.76. The molecule has 6 heteroatoms. The molecule has 0 saturated heterocycles.